The molecule has 2 aromatic rings. The van der Waals surface area contributed by atoms with Crippen LogP contribution >= 0.6 is 0 Å². The summed E-state index contributed by atoms with van der Waals surface area (Å²) in [5.74, 6) is 1.08. The van der Waals surface area contributed by atoms with Gasteiger partial charge < -0.3 is 14.6 Å². The zero-order valence-corrected chi connectivity index (χ0v) is 14.4. The predicted molar refractivity (Wildman–Crippen MR) is 95.0 cm³/mol. The van der Waals surface area contributed by atoms with Crippen LogP contribution in [0.3, 0.4) is 0 Å². The highest BCUT2D eigenvalue weighted by atomic mass is 16.5. The largest absolute Gasteiger partial charge is 0.360 e. The Morgan fingerprint density at radius 1 is 1.20 bits per heavy atom. The lowest BCUT2D eigenvalue weighted by atomic mass is 10.0. The van der Waals surface area contributed by atoms with Crippen LogP contribution in [0.4, 0.5) is 0 Å². The van der Waals surface area contributed by atoms with E-state index in [1.807, 2.05) is 42.7 Å². The monoisotopic (exact) mass is 339 g/mol. The molecule has 0 unspecified atom stereocenters. The van der Waals surface area contributed by atoms with Crippen LogP contribution in [-0.4, -0.2) is 27.6 Å². The summed E-state index contributed by atoms with van der Waals surface area (Å²) in [5, 5.41) is 3.21. The van der Waals surface area contributed by atoms with E-state index >= 15 is 0 Å². The minimum atomic E-state index is -0.520. The average molecular weight is 339 g/mol. The number of nitrogens with zero attached hydrogens (tertiary/aromatic N) is 2. The lowest BCUT2D eigenvalue weighted by molar-refractivity contribution is -0.138. The second-order valence-electron chi connectivity index (χ2n) is 7.07. The molecule has 1 aromatic heterocycles. The van der Waals surface area contributed by atoms with Gasteiger partial charge in [0.15, 0.2) is 6.10 Å². The number of aromatic nitrogens is 2. The molecule has 1 N–H and O–H groups in total. The Morgan fingerprint density at radius 3 is 2.80 bits per heavy atom. The SMILES string of the molecule is O=C(N[C@@H]1CCc2nccn2C1)[C@H](OC1CCCC1)c1ccccc1. The van der Waals surface area contributed by atoms with E-state index in [0.717, 1.165) is 43.6 Å². The fourth-order valence-corrected chi connectivity index (χ4v) is 3.90. The summed E-state index contributed by atoms with van der Waals surface area (Å²) in [6, 6.07) is 9.99. The van der Waals surface area contributed by atoms with Crippen LogP contribution in [0.2, 0.25) is 0 Å². The molecule has 1 fully saturated rings. The zero-order chi connectivity index (χ0) is 17.1. The molecule has 2 heterocycles. The number of rotatable bonds is 5. The molecule has 2 aliphatic rings. The summed E-state index contributed by atoms with van der Waals surface area (Å²) in [6.45, 7) is 0.784. The van der Waals surface area contributed by atoms with Gasteiger partial charge in [0.1, 0.15) is 5.82 Å². The van der Waals surface area contributed by atoms with Gasteiger partial charge in [0.05, 0.1) is 6.10 Å². The highest BCUT2D eigenvalue weighted by Gasteiger charge is 2.29. The number of hydrogen-bond donors (Lipinski definition) is 1. The summed E-state index contributed by atoms with van der Waals surface area (Å²) in [5.41, 5.74) is 0.936. The number of fused-ring (bicyclic) bond motifs is 1. The molecule has 1 aliphatic carbocycles. The number of amides is 1. The first-order valence-electron chi connectivity index (χ1n) is 9.30. The summed E-state index contributed by atoms with van der Waals surface area (Å²) >= 11 is 0. The number of nitrogens with one attached hydrogen (secondary N) is 1. The normalized spacial score (nSPS) is 21.7. The standard InChI is InChI=1S/C20H25N3O2/c24-20(22-16-10-11-18-21-12-13-23(18)14-16)19(15-6-2-1-3-7-15)25-17-8-4-5-9-17/h1-3,6-7,12-13,16-17,19H,4-5,8-11,14H2,(H,22,24)/t16-,19-/m1/s1. The average Bonchev–Trinajstić information content (AvgIpc) is 3.31. The first kappa shape index (κ1) is 16.3. The Labute approximate surface area is 148 Å². The maximum absolute atomic E-state index is 13.0. The van der Waals surface area contributed by atoms with E-state index in [0.29, 0.717) is 0 Å². The maximum Gasteiger partial charge on any atom is 0.254 e. The Balaban J connectivity index is 1.45. The van der Waals surface area contributed by atoms with Crippen LogP contribution in [0.15, 0.2) is 42.7 Å². The Kier molecular flexibility index (Phi) is 4.83. The third kappa shape index (κ3) is 3.76. The van der Waals surface area contributed by atoms with Crippen molar-refractivity contribution in [3.63, 3.8) is 0 Å². The lowest BCUT2D eigenvalue weighted by Crippen LogP contribution is -2.44. The second-order valence-corrected chi connectivity index (χ2v) is 7.07. The molecule has 0 bridgehead atoms. The molecular formula is C20H25N3O2. The van der Waals surface area contributed by atoms with Crippen molar-refractivity contribution in [1.29, 1.82) is 0 Å². The number of ether oxygens (including phenoxy) is 1. The molecule has 0 spiro atoms. The van der Waals surface area contributed by atoms with Crippen LogP contribution < -0.4 is 5.32 Å². The number of imidazole rings is 1. The lowest BCUT2D eigenvalue weighted by Gasteiger charge is -2.28. The molecule has 1 saturated carbocycles. The maximum atomic E-state index is 13.0. The van der Waals surface area contributed by atoms with Gasteiger partial charge in [0.2, 0.25) is 0 Å². The van der Waals surface area contributed by atoms with E-state index in [1.165, 1.54) is 12.8 Å². The van der Waals surface area contributed by atoms with Crippen molar-refractivity contribution in [3.8, 4) is 0 Å². The zero-order valence-electron chi connectivity index (χ0n) is 14.4. The van der Waals surface area contributed by atoms with Crippen molar-refractivity contribution in [2.75, 3.05) is 0 Å². The van der Waals surface area contributed by atoms with Crippen LogP contribution in [0.5, 0.6) is 0 Å². The molecule has 1 aliphatic heterocycles. The molecule has 5 nitrogen and oxygen atoms in total. The number of carbonyl (C=O) groups is 1. The van der Waals surface area contributed by atoms with Crippen molar-refractivity contribution < 1.29 is 9.53 Å². The van der Waals surface area contributed by atoms with E-state index in [2.05, 4.69) is 14.9 Å². The van der Waals surface area contributed by atoms with E-state index in [4.69, 9.17) is 4.74 Å². The minimum absolute atomic E-state index is 0.0216. The van der Waals surface area contributed by atoms with Gasteiger partial charge in [0.25, 0.3) is 5.91 Å². The van der Waals surface area contributed by atoms with Crippen molar-refractivity contribution in [1.82, 2.24) is 14.9 Å². The molecule has 5 heteroatoms. The van der Waals surface area contributed by atoms with Crippen molar-refractivity contribution in [2.24, 2.45) is 0 Å². The smallest absolute Gasteiger partial charge is 0.254 e. The molecule has 1 amide bonds. The van der Waals surface area contributed by atoms with Gasteiger partial charge in [-0.15, -0.1) is 0 Å². The first-order valence-corrected chi connectivity index (χ1v) is 9.30. The van der Waals surface area contributed by atoms with Gasteiger partial charge >= 0.3 is 0 Å². The number of carbonyl (C=O) groups excluding carboxylic acids is 1. The van der Waals surface area contributed by atoms with Gasteiger partial charge in [-0.1, -0.05) is 43.2 Å². The quantitative estimate of drug-likeness (QED) is 0.911. The molecule has 25 heavy (non-hydrogen) atoms. The number of benzene rings is 1. The molecule has 4 rings (SSSR count). The van der Waals surface area contributed by atoms with Crippen LogP contribution in [0, 0.1) is 0 Å². The van der Waals surface area contributed by atoms with Crippen molar-refractivity contribution in [3.05, 3.63) is 54.1 Å². The highest BCUT2D eigenvalue weighted by Crippen LogP contribution is 2.28. The van der Waals surface area contributed by atoms with Crippen molar-refractivity contribution in [2.45, 2.75) is 63.3 Å². The third-order valence-electron chi connectivity index (χ3n) is 5.25. The fourth-order valence-electron chi connectivity index (χ4n) is 3.90. The summed E-state index contributed by atoms with van der Waals surface area (Å²) in [4.78, 5) is 17.3. The van der Waals surface area contributed by atoms with Crippen LogP contribution in [0.1, 0.15) is 49.6 Å². The molecule has 132 valence electrons. The van der Waals surface area contributed by atoms with Gasteiger partial charge in [-0.3, -0.25) is 4.79 Å². The van der Waals surface area contributed by atoms with Crippen LogP contribution in [0.25, 0.3) is 0 Å². The van der Waals surface area contributed by atoms with Gasteiger partial charge in [-0.2, -0.15) is 0 Å². The molecule has 2 atom stereocenters. The predicted octanol–water partition coefficient (Wildman–Crippen LogP) is 3.01. The first-order chi connectivity index (χ1) is 12.3. The molecule has 1 aromatic carbocycles. The Hall–Kier alpha value is -2.14. The minimum Gasteiger partial charge on any atom is -0.360 e. The molecule has 0 radical (unpaired) electrons. The summed E-state index contributed by atoms with van der Waals surface area (Å²) in [7, 11) is 0. The van der Waals surface area contributed by atoms with Crippen molar-refractivity contribution >= 4 is 5.91 Å². The Morgan fingerprint density at radius 2 is 2.00 bits per heavy atom. The molecular weight excluding hydrogens is 314 g/mol. The van der Waals surface area contributed by atoms with Gasteiger partial charge in [-0.25, -0.2) is 4.98 Å². The molecule has 0 saturated heterocycles. The van der Waals surface area contributed by atoms with E-state index in [-0.39, 0.29) is 18.1 Å². The highest BCUT2D eigenvalue weighted by molar-refractivity contribution is 5.82. The summed E-state index contributed by atoms with van der Waals surface area (Å²) in [6.07, 6.45) is 9.81. The van der Waals surface area contributed by atoms with E-state index in [1.54, 1.807) is 0 Å². The second kappa shape index (κ2) is 7.40. The van der Waals surface area contributed by atoms with Crippen LogP contribution in [-0.2, 0) is 22.5 Å². The van der Waals surface area contributed by atoms with E-state index < -0.39 is 6.10 Å². The Bertz CT molecular complexity index is 707. The fraction of sp³-hybridized carbons (Fsp3) is 0.500. The topological polar surface area (TPSA) is 56.2 Å². The van der Waals surface area contributed by atoms with E-state index in [9.17, 15) is 4.79 Å². The number of hydrogen-bond acceptors (Lipinski definition) is 3. The van der Waals surface area contributed by atoms with Gasteiger partial charge in [-0.05, 0) is 24.8 Å². The van der Waals surface area contributed by atoms with Gasteiger partial charge in [0, 0.05) is 31.4 Å². The third-order valence-corrected chi connectivity index (χ3v) is 5.25. The summed E-state index contributed by atoms with van der Waals surface area (Å²) < 4.78 is 8.35. The number of aryl methyl sites for hydroxylation is 1.